The highest BCUT2D eigenvalue weighted by atomic mass is 79.9. The Hall–Kier alpha value is -1.63. The molecule has 124 valence electrons. The number of fused-ring (bicyclic) bond motifs is 1. The summed E-state index contributed by atoms with van der Waals surface area (Å²) >= 11 is 3.13. The number of hydrogen-bond donors (Lipinski definition) is 2. The van der Waals surface area contributed by atoms with Gasteiger partial charge in [-0.3, -0.25) is 4.79 Å². The summed E-state index contributed by atoms with van der Waals surface area (Å²) in [6.07, 6.45) is -0.775. The molecule has 0 saturated heterocycles. The summed E-state index contributed by atoms with van der Waals surface area (Å²) in [7, 11) is 0. The predicted molar refractivity (Wildman–Crippen MR) is 94.9 cm³/mol. The molecule has 0 fully saturated rings. The molecule has 3 N–H and O–H groups in total. The molecule has 1 unspecified atom stereocenters. The monoisotopic (exact) mass is 380 g/mol. The van der Waals surface area contributed by atoms with Gasteiger partial charge < -0.3 is 20.5 Å². The van der Waals surface area contributed by atoms with Crippen LogP contribution in [0.1, 0.15) is 0 Å². The lowest BCUT2D eigenvalue weighted by Crippen LogP contribution is -2.42. The summed E-state index contributed by atoms with van der Waals surface area (Å²) in [4.78, 5) is 13.3. The maximum absolute atomic E-state index is 11.8. The molecule has 0 heterocycles. The Labute approximate surface area is 144 Å². The molecule has 5 nitrogen and oxygen atoms in total. The van der Waals surface area contributed by atoms with Crippen LogP contribution in [-0.4, -0.2) is 53.6 Å². The van der Waals surface area contributed by atoms with Gasteiger partial charge in [0, 0.05) is 25.0 Å². The normalized spacial score (nSPS) is 12.1. The van der Waals surface area contributed by atoms with Gasteiger partial charge in [-0.2, -0.15) is 0 Å². The minimum atomic E-state index is -0.775. The molecule has 2 aromatic carbocycles. The number of rotatable bonds is 8. The number of alkyl halides is 1. The van der Waals surface area contributed by atoms with Gasteiger partial charge in [0.25, 0.3) is 0 Å². The zero-order valence-electron chi connectivity index (χ0n) is 12.8. The van der Waals surface area contributed by atoms with Crippen molar-refractivity contribution in [1.82, 2.24) is 4.90 Å². The van der Waals surface area contributed by atoms with E-state index in [0.717, 1.165) is 16.5 Å². The SMILES string of the molecule is NCCN(CC(O)COc1cccc2ccccc12)C(=O)CBr. The first-order valence-corrected chi connectivity index (χ1v) is 8.60. The van der Waals surface area contributed by atoms with Crippen LogP contribution in [0.25, 0.3) is 10.8 Å². The highest BCUT2D eigenvalue weighted by Gasteiger charge is 2.16. The van der Waals surface area contributed by atoms with Crippen molar-refractivity contribution in [3.05, 3.63) is 42.5 Å². The fourth-order valence-electron chi connectivity index (χ4n) is 2.37. The van der Waals surface area contributed by atoms with Crippen molar-refractivity contribution in [2.24, 2.45) is 5.73 Å². The first-order valence-electron chi connectivity index (χ1n) is 7.48. The largest absolute Gasteiger partial charge is 0.490 e. The van der Waals surface area contributed by atoms with E-state index >= 15 is 0 Å². The van der Waals surface area contributed by atoms with Gasteiger partial charge in [-0.1, -0.05) is 52.3 Å². The first-order chi connectivity index (χ1) is 11.2. The second kappa shape index (κ2) is 8.86. The minimum Gasteiger partial charge on any atom is -0.490 e. The van der Waals surface area contributed by atoms with Crippen LogP contribution >= 0.6 is 15.9 Å². The number of hydrogen-bond acceptors (Lipinski definition) is 4. The standard InChI is InChI=1S/C17H21BrN2O3/c18-10-17(22)20(9-8-19)11-14(21)12-23-16-7-3-5-13-4-1-2-6-15(13)16/h1-7,14,21H,8-12,19H2. The van der Waals surface area contributed by atoms with Crippen molar-refractivity contribution < 1.29 is 14.6 Å². The minimum absolute atomic E-state index is 0.0975. The van der Waals surface area contributed by atoms with Gasteiger partial charge in [-0.05, 0) is 11.5 Å². The molecule has 1 atom stereocenters. The number of nitrogens with two attached hydrogens (primary N) is 1. The van der Waals surface area contributed by atoms with Crippen molar-refractivity contribution in [3.63, 3.8) is 0 Å². The Kier molecular flexibility index (Phi) is 6.83. The van der Waals surface area contributed by atoms with E-state index in [1.807, 2.05) is 42.5 Å². The van der Waals surface area contributed by atoms with Crippen LogP contribution < -0.4 is 10.5 Å². The van der Waals surface area contributed by atoms with E-state index in [0.29, 0.717) is 13.1 Å². The van der Waals surface area contributed by atoms with E-state index in [1.54, 1.807) is 0 Å². The highest BCUT2D eigenvalue weighted by molar-refractivity contribution is 9.09. The Morgan fingerprint density at radius 3 is 2.74 bits per heavy atom. The molecule has 2 rings (SSSR count). The number of carbonyl (C=O) groups excluding carboxylic acids is 1. The number of benzene rings is 2. The molecule has 0 radical (unpaired) electrons. The summed E-state index contributed by atoms with van der Waals surface area (Å²) in [5.74, 6) is 0.624. The zero-order chi connectivity index (χ0) is 16.7. The van der Waals surface area contributed by atoms with Gasteiger partial charge in [-0.25, -0.2) is 0 Å². The van der Waals surface area contributed by atoms with E-state index in [-0.39, 0.29) is 24.4 Å². The Morgan fingerprint density at radius 1 is 1.26 bits per heavy atom. The van der Waals surface area contributed by atoms with Gasteiger partial charge in [-0.15, -0.1) is 0 Å². The quantitative estimate of drug-likeness (QED) is 0.684. The molecular weight excluding hydrogens is 360 g/mol. The van der Waals surface area contributed by atoms with Crippen molar-refractivity contribution >= 4 is 32.6 Å². The lowest BCUT2D eigenvalue weighted by Gasteiger charge is -2.24. The summed E-state index contributed by atoms with van der Waals surface area (Å²) in [6, 6.07) is 13.7. The number of nitrogens with zero attached hydrogens (tertiary/aromatic N) is 1. The van der Waals surface area contributed by atoms with E-state index in [1.165, 1.54) is 4.90 Å². The highest BCUT2D eigenvalue weighted by Crippen LogP contribution is 2.25. The second-order valence-corrected chi connectivity index (χ2v) is 5.76. The molecule has 6 heteroatoms. The summed E-state index contributed by atoms with van der Waals surface area (Å²) in [5, 5.41) is 12.4. The lowest BCUT2D eigenvalue weighted by molar-refractivity contribution is -0.129. The maximum atomic E-state index is 11.8. The average Bonchev–Trinajstić information content (AvgIpc) is 2.58. The third kappa shape index (κ3) is 4.92. The summed E-state index contributed by atoms with van der Waals surface area (Å²) in [5.41, 5.74) is 5.50. The van der Waals surface area contributed by atoms with Crippen LogP contribution in [0.5, 0.6) is 5.75 Å². The molecule has 0 saturated carbocycles. The topological polar surface area (TPSA) is 75.8 Å². The second-order valence-electron chi connectivity index (χ2n) is 5.20. The first kappa shape index (κ1) is 17.7. The van der Waals surface area contributed by atoms with Gasteiger partial charge in [0.15, 0.2) is 0 Å². The van der Waals surface area contributed by atoms with E-state index < -0.39 is 6.10 Å². The molecule has 1 amide bonds. The van der Waals surface area contributed by atoms with E-state index in [4.69, 9.17) is 10.5 Å². The number of carbonyl (C=O) groups is 1. The Balaban J connectivity index is 1.97. The maximum Gasteiger partial charge on any atom is 0.233 e. The van der Waals surface area contributed by atoms with Gasteiger partial charge >= 0.3 is 0 Å². The fraction of sp³-hybridized carbons (Fsp3) is 0.353. The smallest absolute Gasteiger partial charge is 0.233 e. The molecular formula is C17H21BrN2O3. The van der Waals surface area contributed by atoms with E-state index in [2.05, 4.69) is 15.9 Å². The third-order valence-electron chi connectivity index (χ3n) is 3.48. The molecule has 0 aliphatic rings. The van der Waals surface area contributed by atoms with Crippen molar-refractivity contribution in [3.8, 4) is 5.75 Å². The van der Waals surface area contributed by atoms with Crippen LogP contribution in [0.2, 0.25) is 0 Å². The van der Waals surface area contributed by atoms with Crippen molar-refractivity contribution in [1.29, 1.82) is 0 Å². The number of aliphatic hydroxyl groups excluding tert-OH is 1. The Morgan fingerprint density at radius 2 is 2.00 bits per heavy atom. The van der Waals surface area contributed by atoms with E-state index in [9.17, 15) is 9.90 Å². The van der Waals surface area contributed by atoms with Crippen molar-refractivity contribution in [2.75, 3.05) is 31.6 Å². The molecule has 0 aliphatic carbocycles. The molecule has 0 bridgehead atoms. The molecule has 0 aromatic heterocycles. The molecule has 0 aliphatic heterocycles. The Bertz CT molecular complexity index is 645. The van der Waals surface area contributed by atoms with Crippen LogP contribution in [-0.2, 0) is 4.79 Å². The number of ether oxygens (including phenoxy) is 1. The van der Waals surface area contributed by atoms with Crippen LogP contribution in [0.4, 0.5) is 0 Å². The van der Waals surface area contributed by atoms with Crippen molar-refractivity contribution in [2.45, 2.75) is 6.10 Å². The molecule has 23 heavy (non-hydrogen) atoms. The third-order valence-corrected chi connectivity index (χ3v) is 3.96. The van der Waals surface area contributed by atoms with Gasteiger partial charge in [0.1, 0.15) is 18.5 Å². The number of halogens is 1. The fourth-order valence-corrected chi connectivity index (χ4v) is 2.73. The molecule has 2 aromatic rings. The predicted octanol–water partition coefficient (Wildman–Crippen LogP) is 1.76. The summed E-state index contributed by atoms with van der Waals surface area (Å²) in [6.45, 7) is 1.09. The van der Waals surface area contributed by atoms with Gasteiger partial charge in [0.05, 0.1) is 5.33 Å². The zero-order valence-corrected chi connectivity index (χ0v) is 14.4. The number of amides is 1. The van der Waals surface area contributed by atoms with Crippen LogP contribution in [0, 0.1) is 0 Å². The van der Waals surface area contributed by atoms with Crippen LogP contribution in [0.15, 0.2) is 42.5 Å². The van der Waals surface area contributed by atoms with Crippen LogP contribution in [0.3, 0.4) is 0 Å². The number of aliphatic hydroxyl groups is 1. The van der Waals surface area contributed by atoms with Gasteiger partial charge in [0.2, 0.25) is 5.91 Å². The molecule has 0 spiro atoms. The lowest BCUT2D eigenvalue weighted by atomic mass is 10.1. The summed E-state index contributed by atoms with van der Waals surface area (Å²) < 4.78 is 5.74. The average molecular weight is 381 g/mol.